The van der Waals surface area contributed by atoms with Crippen molar-refractivity contribution in [3.8, 4) is 0 Å². The van der Waals surface area contributed by atoms with Crippen molar-refractivity contribution in [3.63, 3.8) is 0 Å². The Bertz CT molecular complexity index is 470. The van der Waals surface area contributed by atoms with Crippen molar-refractivity contribution >= 4 is 40.2 Å². The molecule has 2 nitrogen and oxygen atoms in total. The highest BCUT2D eigenvalue weighted by Gasteiger charge is 2.22. The van der Waals surface area contributed by atoms with Crippen LogP contribution in [0.3, 0.4) is 0 Å². The number of rotatable bonds is 1. The van der Waals surface area contributed by atoms with Crippen LogP contribution in [0.5, 0.6) is 0 Å². The van der Waals surface area contributed by atoms with Gasteiger partial charge in [-0.15, -0.1) is 0 Å². The second-order valence-electron chi connectivity index (χ2n) is 4.48. The molecule has 0 aliphatic heterocycles. The monoisotopic (exact) mass is 268 g/mol. The third-order valence-electron chi connectivity index (χ3n) is 2.28. The largest absolute Gasteiger partial charge is 0.286 e. The number of hydrogen-bond acceptors (Lipinski definition) is 1. The Morgan fingerprint density at radius 3 is 2.64 bits per heavy atom. The highest BCUT2D eigenvalue weighted by Crippen LogP contribution is 2.22. The third kappa shape index (κ3) is 1.52. The number of nitrogens with one attached hydrogen (secondary N) is 1. The summed E-state index contributed by atoms with van der Waals surface area (Å²) in [5, 5.41) is 10.1. The molecule has 0 amide bonds. The number of H-pyrrole nitrogens is 1. The fourth-order valence-electron chi connectivity index (χ4n) is 1.57. The fraction of sp³-hybridized carbons (Fsp3) is 0.300. The lowest BCUT2D eigenvalue weighted by molar-refractivity contribution is 1.14. The molecule has 2 aromatic rings. The topological polar surface area (TPSA) is 28.7 Å². The van der Waals surface area contributed by atoms with Crippen molar-refractivity contribution in [1.82, 2.24) is 10.2 Å². The van der Waals surface area contributed by atoms with E-state index in [1.165, 1.54) is 10.7 Å². The zero-order chi connectivity index (χ0) is 10.3. The highest BCUT2D eigenvalue weighted by atomic mass is 79.9. The van der Waals surface area contributed by atoms with E-state index in [2.05, 4.69) is 51.8 Å². The summed E-state index contributed by atoms with van der Waals surface area (Å²) < 4.78 is 1.14. The molecular weight excluding hydrogens is 256 g/mol. The van der Waals surface area contributed by atoms with Gasteiger partial charge in [0.05, 0.1) is 5.52 Å². The first-order valence-corrected chi connectivity index (χ1v) is 8.92. The van der Waals surface area contributed by atoms with Crippen LogP contribution in [0.2, 0.25) is 19.6 Å². The van der Waals surface area contributed by atoms with Gasteiger partial charge in [-0.3, -0.25) is 5.10 Å². The number of aromatic amines is 1. The lowest BCUT2D eigenvalue weighted by atomic mass is 10.3. The zero-order valence-electron chi connectivity index (χ0n) is 8.56. The molecule has 74 valence electrons. The molecule has 2 rings (SSSR count). The highest BCUT2D eigenvalue weighted by molar-refractivity contribution is 9.10. The second kappa shape index (κ2) is 3.20. The van der Waals surface area contributed by atoms with E-state index in [4.69, 9.17) is 0 Å². The van der Waals surface area contributed by atoms with Gasteiger partial charge in [0.1, 0.15) is 8.07 Å². The van der Waals surface area contributed by atoms with Crippen LogP contribution in [-0.4, -0.2) is 18.3 Å². The minimum absolute atomic E-state index is 1.05. The minimum atomic E-state index is -1.32. The molecule has 0 unspecified atom stereocenters. The van der Waals surface area contributed by atoms with Crippen LogP contribution < -0.4 is 5.32 Å². The summed E-state index contributed by atoms with van der Waals surface area (Å²) in [6.07, 6.45) is 0. The first kappa shape index (κ1) is 9.92. The van der Waals surface area contributed by atoms with Crippen molar-refractivity contribution < 1.29 is 0 Å². The van der Waals surface area contributed by atoms with Gasteiger partial charge in [0, 0.05) is 15.2 Å². The van der Waals surface area contributed by atoms with Crippen molar-refractivity contribution in [1.29, 1.82) is 0 Å². The minimum Gasteiger partial charge on any atom is -0.286 e. The molecule has 0 radical (unpaired) electrons. The van der Waals surface area contributed by atoms with Gasteiger partial charge in [-0.2, -0.15) is 5.10 Å². The summed E-state index contributed by atoms with van der Waals surface area (Å²) in [5.41, 5.74) is 1.05. The Labute approximate surface area is 92.9 Å². The van der Waals surface area contributed by atoms with E-state index in [9.17, 15) is 0 Å². The zero-order valence-corrected chi connectivity index (χ0v) is 11.1. The number of nitrogens with zero attached hydrogens (tertiary/aromatic N) is 1. The lowest BCUT2D eigenvalue weighted by Gasteiger charge is -2.14. The van der Waals surface area contributed by atoms with Crippen LogP contribution in [0.4, 0.5) is 0 Å². The van der Waals surface area contributed by atoms with Crippen LogP contribution in [0.15, 0.2) is 22.7 Å². The number of hydrogen-bond donors (Lipinski definition) is 1. The molecule has 1 aromatic heterocycles. The second-order valence-corrected chi connectivity index (χ2v) is 10.3. The molecule has 14 heavy (non-hydrogen) atoms. The molecule has 0 saturated heterocycles. The van der Waals surface area contributed by atoms with Gasteiger partial charge in [-0.1, -0.05) is 41.6 Å². The van der Waals surface area contributed by atoms with Crippen molar-refractivity contribution in [2.45, 2.75) is 19.6 Å². The number of benzene rings is 1. The van der Waals surface area contributed by atoms with Gasteiger partial charge in [0.2, 0.25) is 0 Å². The van der Waals surface area contributed by atoms with Crippen LogP contribution in [-0.2, 0) is 0 Å². The van der Waals surface area contributed by atoms with E-state index < -0.39 is 8.07 Å². The first-order valence-electron chi connectivity index (χ1n) is 4.63. The lowest BCUT2D eigenvalue weighted by Crippen LogP contribution is -2.39. The average Bonchev–Trinajstić information content (AvgIpc) is 2.47. The Morgan fingerprint density at radius 1 is 1.29 bits per heavy atom. The summed E-state index contributed by atoms with van der Waals surface area (Å²) in [5.74, 6) is 0. The SMILES string of the molecule is C[Si](C)(C)c1[nH]nc2cccc(Br)c12. The van der Waals surface area contributed by atoms with Gasteiger partial charge in [-0.05, 0) is 12.1 Å². The number of fused-ring (bicyclic) bond motifs is 1. The van der Waals surface area contributed by atoms with Crippen molar-refractivity contribution in [3.05, 3.63) is 22.7 Å². The number of aromatic nitrogens is 2. The number of halogens is 1. The molecule has 0 spiro atoms. The van der Waals surface area contributed by atoms with E-state index in [1.54, 1.807) is 0 Å². The Kier molecular flexibility index (Phi) is 2.27. The third-order valence-corrected chi connectivity index (χ3v) is 4.80. The van der Waals surface area contributed by atoms with Crippen LogP contribution in [0.25, 0.3) is 10.9 Å². The molecule has 0 aliphatic carbocycles. The Morgan fingerprint density at radius 2 is 2.00 bits per heavy atom. The van der Waals surface area contributed by atoms with E-state index >= 15 is 0 Å². The molecular formula is C10H13BrN2Si. The van der Waals surface area contributed by atoms with E-state index in [-0.39, 0.29) is 0 Å². The summed E-state index contributed by atoms with van der Waals surface area (Å²) >= 11 is 3.58. The van der Waals surface area contributed by atoms with Gasteiger partial charge in [-0.25, -0.2) is 0 Å². The molecule has 0 atom stereocenters. The molecule has 0 fully saturated rings. The molecule has 0 saturated carbocycles. The first-order chi connectivity index (χ1) is 6.50. The standard InChI is InChI=1S/C10H13BrN2Si/c1-14(2,3)10-9-7(11)5-4-6-8(9)12-13-10/h4-6H,1-3H3,(H,12,13). The summed E-state index contributed by atoms with van der Waals surface area (Å²) in [6, 6.07) is 6.13. The molecule has 4 heteroatoms. The maximum atomic E-state index is 4.33. The maximum Gasteiger partial charge on any atom is 0.101 e. The van der Waals surface area contributed by atoms with Crippen LogP contribution in [0.1, 0.15) is 0 Å². The summed E-state index contributed by atoms with van der Waals surface area (Å²) in [6.45, 7) is 6.96. The summed E-state index contributed by atoms with van der Waals surface area (Å²) in [7, 11) is -1.32. The van der Waals surface area contributed by atoms with Crippen LogP contribution in [0, 0.1) is 0 Å². The molecule has 1 heterocycles. The Hall–Kier alpha value is -0.613. The smallest absolute Gasteiger partial charge is 0.101 e. The van der Waals surface area contributed by atoms with E-state index in [0.29, 0.717) is 0 Å². The van der Waals surface area contributed by atoms with E-state index in [0.717, 1.165) is 9.99 Å². The quantitative estimate of drug-likeness (QED) is 0.792. The van der Waals surface area contributed by atoms with Gasteiger partial charge >= 0.3 is 0 Å². The average molecular weight is 269 g/mol. The summed E-state index contributed by atoms with van der Waals surface area (Å²) in [4.78, 5) is 0. The van der Waals surface area contributed by atoms with E-state index in [1.807, 2.05) is 12.1 Å². The van der Waals surface area contributed by atoms with Crippen molar-refractivity contribution in [2.24, 2.45) is 0 Å². The van der Waals surface area contributed by atoms with Crippen LogP contribution >= 0.6 is 15.9 Å². The Balaban J connectivity index is 2.80. The molecule has 1 N–H and O–H groups in total. The fourth-order valence-corrected chi connectivity index (χ4v) is 3.71. The van der Waals surface area contributed by atoms with Gasteiger partial charge in [0.25, 0.3) is 0 Å². The van der Waals surface area contributed by atoms with Crippen molar-refractivity contribution in [2.75, 3.05) is 0 Å². The molecule has 0 aliphatic rings. The molecule has 0 bridgehead atoms. The predicted molar refractivity (Wildman–Crippen MR) is 66.8 cm³/mol. The predicted octanol–water partition coefficient (Wildman–Crippen LogP) is 2.87. The van der Waals surface area contributed by atoms with Gasteiger partial charge < -0.3 is 0 Å². The maximum absolute atomic E-state index is 4.33. The van der Waals surface area contributed by atoms with Gasteiger partial charge in [0.15, 0.2) is 0 Å². The normalized spacial score (nSPS) is 12.3. The molecule has 1 aromatic carbocycles.